The smallest absolute Gasteiger partial charge is 0.340 e. The Balaban J connectivity index is 1.55. The maximum Gasteiger partial charge on any atom is 0.340 e. The first-order chi connectivity index (χ1) is 13.5. The summed E-state index contributed by atoms with van der Waals surface area (Å²) >= 11 is 0. The highest BCUT2D eigenvalue weighted by molar-refractivity contribution is 6.18. The molecule has 0 amide bonds. The van der Waals surface area contributed by atoms with E-state index in [2.05, 4.69) is 9.80 Å². The van der Waals surface area contributed by atoms with Crippen molar-refractivity contribution in [2.45, 2.75) is 81.1 Å². The van der Waals surface area contributed by atoms with Crippen LogP contribution in [-0.2, 0) is 14.3 Å². The third-order valence-corrected chi connectivity index (χ3v) is 7.45. The van der Waals surface area contributed by atoms with Gasteiger partial charge in [0.1, 0.15) is 11.7 Å². The van der Waals surface area contributed by atoms with Gasteiger partial charge in [-0.25, -0.2) is 9.18 Å². The van der Waals surface area contributed by atoms with Crippen LogP contribution < -0.4 is 5.73 Å². The Morgan fingerprint density at radius 3 is 2.75 bits per heavy atom. The van der Waals surface area contributed by atoms with Crippen LogP contribution in [0, 0.1) is 5.92 Å². The summed E-state index contributed by atoms with van der Waals surface area (Å²) in [7, 11) is 0. The van der Waals surface area contributed by atoms with Crippen molar-refractivity contribution in [2.75, 3.05) is 13.1 Å². The number of hydrogen-bond donors (Lipinski definition) is 2. The van der Waals surface area contributed by atoms with Gasteiger partial charge in [-0.1, -0.05) is 12.8 Å². The Morgan fingerprint density at radius 1 is 1.25 bits per heavy atom. The first-order valence-corrected chi connectivity index (χ1v) is 10.5. The lowest BCUT2D eigenvalue weighted by Gasteiger charge is -2.60. The third-order valence-electron chi connectivity index (χ3n) is 7.45. The number of carboxylic acid groups (broad SMARTS) is 1. The van der Waals surface area contributed by atoms with Crippen LogP contribution in [0.15, 0.2) is 11.8 Å². The van der Waals surface area contributed by atoms with Gasteiger partial charge in [-0.05, 0) is 25.7 Å². The zero-order valence-corrected chi connectivity index (χ0v) is 15.9. The van der Waals surface area contributed by atoms with Crippen molar-refractivity contribution < 1.29 is 23.8 Å². The van der Waals surface area contributed by atoms with E-state index in [9.17, 15) is 14.7 Å². The molecule has 3 N–H and O–H groups in total. The molecule has 3 heterocycles. The number of ether oxygens (including phenoxy) is 1. The summed E-state index contributed by atoms with van der Waals surface area (Å²) in [6.07, 6.45) is 4.64. The predicted octanol–water partition coefficient (Wildman–Crippen LogP) is 0.678. The molecular weight excluding hydrogens is 365 g/mol. The average Bonchev–Trinajstić information content (AvgIpc) is 3.09. The van der Waals surface area contributed by atoms with Crippen LogP contribution in [-0.4, -0.2) is 82.3 Å². The van der Waals surface area contributed by atoms with Gasteiger partial charge in [0.15, 0.2) is 5.78 Å². The van der Waals surface area contributed by atoms with Gasteiger partial charge in [-0.15, -0.1) is 0 Å². The minimum absolute atomic E-state index is 0.0403. The van der Waals surface area contributed by atoms with Crippen molar-refractivity contribution in [1.29, 1.82) is 0 Å². The SMILES string of the molecule is NC1CCN(C2C(F)CC3C(=O)C(C(=O)O)=CN4C5CCCCC5OC2C34)C1. The van der Waals surface area contributed by atoms with E-state index in [1.807, 2.05) is 0 Å². The van der Waals surface area contributed by atoms with Gasteiger partial charge in [-0.3, -0.25) is 9.69 Å². The number of morpholine rings is 1. The Kier molecular flexibility index (Phi) is 4.48. The number of Topliss-reactive ketones (excluding diaryl/α,β-unsaturated/α-hetero) is 1. The van der Waals surface area contributed by atoms with Crippen molar-refractivity contribution in [3.8, 4) is 0 Å². The summed E-state index contributed by atoms with van der Waals surface area (Å²) in [5, 5.41) is 9.55. The van der Waals surface area contributed by atoms with Crippen molar-refractivity contribution in [3.05, 3.63) is 11.8 Å². The minimum Gasteiger partial charge on any atom is -0.478 e. The fourth-order valence-electron chi connectivity index (χ4n) is 6.24. The number of fused-ring (bicyclic) bond motifs is 2. The third kappa shape index (κ3) is 2.72. The number of carbonyl (C=O) groups excluding carboxylic acids is 1. The Hall–Kier alpha value is -1.51. The molecular formula is C20H28FN3O4. The molecule has 8 heteroatoms. The van der Waals surface area contributed by atoms with Gasteiger partial charge in [0, 0.05) is 31.2 Å². The number of ketones is 1. The van der Waals surface area contributed by atoms with Crippen LogP contribution in [0.3, 0.4) is 0 Å². The number of halogens is 1. The molecule has 154 valence electrons. The number of rotatable bonds is 2. The van der Waals surface area contributed by atoms with E-state index in [1.165, 1.54) is 6.20 Å². The molecule has 4 fully saturated rings. The summed E-state index contributed by atoms with van der Waals surface area (Å²) < 4.78 is 21.9. The predicted molar refractivity (Wildman–Crippen MR) is 98.2 cm³/mol. The molecule has 5 rings (SSSR count). The lowest BCUT2D eigenvalue weighted by molar-refractivity contribution is -0.210. The molecule has 28 heavy (non-hydrogen) atoms. The first-order valence-electron chi connectivity index (χ1n) is 10.5. The average molecular weight is 393 g/mol. The number of hydrogen-bond acceptors (Lipinski definition) is 6. The molecule has 7 nitrogen and oxygen atoms in total. The Labute approximate surface area is 163 Å². The molecule has 0 aromatic rings. The van der Waals surface area contributed by atoms with Crippen LogP contribution >= 0.6 is 0 Å². The largest absolute Gasteiger partial charge is 0.478 e. The standard InChI is InChI=1S/C20H28FN3O4/c21-13-7-11-16-19(17(13)23-6-5-10(22)8-23)28-15-4-2-1-3-14(15)24(16)9-12(18(11)25)20(26)27/h9-11,13-17,19H,1-8,22H2,(H,26,27). The van der Waals surface area contributed by atoms with Crippen LogP contribution in [0.4, 0.5) is 4.39 Å². The quantitative estimate of drug-likeness (QED) is 0.666. The molecule has 5 aliphatic rings. The van der Waals surface area contributed by atoms with Crippen molar-refractivity contribution in [3.63, 3.8) is 0 Å². The molecule has 0 radical (unpaired) electrons. The lowest BCUT2D eigenvalue weighted by atomic mass is 9.69. The Morgan fingerprint density at radius 2 is 2.04 bits per heavy atom. The molecule has 0 bridgehead atoms. The number of aliphatic carboxylic acids is 1. The van der Waals surface area contributed by atoms with Crippen LogP contribution in [0.2, 0.25) is 0 Å². The van der Waals surface area contributed by atoms with Crippen molar-refractivity contribution in [1.82, 2.24) is 9.80 Å². The minimum atomic E-state index is -1.23. The first kappa shape index (κ1) is 18.5. The molecule has 3 aliphatic heterocycles. The van der Waals surface area contributed by atoms with Gasteiger partial charge in [0.25, 0.3) is 0 Å². The van der Waals surface area contributed by atoms with E-state index < -0.39 is 36.0 Å². The molecule has 0 aromatic carbocycles. The van der Waals surface area contributed by atoms with Crippen LogP contribution in [0.5, 0.6) is 0 Å². The van der Waals surface area contributed by atoms with Gasteiger partial charge in [0.05, 0.1) is 30.3 Å². The highest BCUT2D eigenvalue weighted by Gasteiger charge is 2.59. The second kappa shape index (κ2) is 6.78. The number of carboxylic acids is 1. The van der Waals surface area contributed by atoms with Gasteiger partial charge in [-0.2, -0.15) is 0 Å². The summed E-state index contributed by atoms with van der Waals surface area (Å²) in [6.45, 7) is 1.38. The maximum atomic E-state index is 15.4. The van der Waals surface area contributed by atoms with E-state index in [0.717, 1.165) is 38.6 Å². The second-order valence-electron chi connectivity index (χ2n) is 9.03. The highest BCUT2D eigenvalue weighted by Crippen LogP contribution is 2.46. The molecule has 8 unspecified atom stereocenters. The van der Waals surface area contributed by atoms with E-state index in [0.29, 0.717) is 6.54 Å². The monoisotopic (exact) mass is 393 g/mol. The molecule has 2 saturated heterocycles. The zero-order chi connectivity index (χ0) is 19.6. The van der Waals surface area contributed by atoms with Crippen molar-refractivity contribution in [2.24, 2.45) is 11.7 Å². The lowest BCUT2D eigenvalue weighted by Crippen LogP contribution is -2.72. The molecule has 0 spiro atoms. The van der Waals surface area contributed by atoms with E-state index in [1.54, 1.807) is 0 Å². The van der Waals surface area contributed by atoms with Crippen LogP contribution in [0.25, 0.3) is 0 Å². The molecule has 2 saturated carbocycles. The highest BCUT2D eigenvalue weighted by atomic mass is 19.1. The Bertz CT molecular complexity index is 716. The van der Waals surface area contributed by atoms with E-state index in [-0.39, 0.29) is 36.2 Å². The van der Waals surface area contributed by atoms with Crippen LogP contribution in [0.1, 0.15) is 38.5 Å². The number of nitrogens with two attached hydrogens (primary N) is 1. The van der Waals surface area contributed by atoms with Crippen molar-refractivity contribution >= 4 is 11.8 Å². The summed E-state index contributed by atoms with van der Waals surface area (Å²) in [6, 6.07) is -0.604. The number of nitrogens with zero attached hydrogens (tertiary/aromatic N) is 2. The van der Waals surface area contributed by atoms with Gasteiger partial charge >= 0.3 is 5.97 Å². The van der Waals surface area contributed by atoms with Gasteiger partial charge in [0.2, 0.25) is 0 Å². The summed E-state index contributed by atoms with van der Waals surface area (Å²) in [5.74, 6) is -2.33. The zero-order valence-electron chi connectivity index (χ0n) is 15.9. The second-order valence-corrected chi connectivity index (χ2v) is 9.03. The maximum absolute atomic E-state index is 15.4. The van der Waals surface area contributed by atoms with Gasteiger partial charge < -0.3 is 20.5 Å². The van der Waals surface area contributed by atoms with E-state index in [4.69, 9.17) is 10.5 Å². The fourth-order valence-corrected chi connectivity index (χ4v) is 6.24. The number of alkyl halides is 1. The fraction of sp³-hybridized carbons (Fsp3) is 0.800. The number of carbonyl (C=O) groups is 2. The van der Waals surface area contributed by atoms with E-state index >= 15 is 4.39 Å². The topological polar surface area (TPSA) is 96.1 Å². The molecule has 8 atom stereocenters. The summed E-state index contributed by atoms with van der Waals surface area (Å²) in [4.78, 5) is 28.7. The normalized spacial score (nSPS) is 46.0. The molecule has 0 aromatic heterocycles. The number of likely N-dealkylation sites (tertiary alicyclic amines) is 1. The summed E-state index contributed by atoms with van der Waals surface area (Å²) in [5.41, 5.74) is 5.86. The molecule has 2 aliphatic carbocycles.